The number of hydrogen-bond acceptors (Lipinski definition) is 6. The fraction of sp³-hybridized carbons (Fsp3) is 0.300. The molecule has 9 heteroatoms. The van der Waals surface area contributed by atoms with Crippen LogP contribution >= 0.6 is 11.6 Å². The largest absolute Gasteiger partial charge is 0.462 e. The van der Waals surface area contributed by atoms with Crippen LogP contribution in [0.3, 0.4) is 0 Å². The molecule has 1 aliphatic heterocycles. The highest BCUT2D eigenvalue weighted by atomic mass is 35.5. The molecule has 1 aliphatic carbocycles. The van der Waals surface area contributed by atoms with Crippen LogP contribution in [0, 0.1) is 23.1 Å². The molecule has 1 aromatic heterocycles. The van der Waals surface area contributed by atoms with Crippen LogP contribution in [0.5, 0.6) is 0 Å². The van der Waals surface area contributed by atoms with Crippen LogP contribution in [0.25, 0.3) is 0 Å². The second-order valence-electron chi connectivity index (χ2n) is 7.09. The minimum Gasteiger partial charge on any atom is -0.462 e. The number of fused-ring (bicyclic) bond motifs is 1. The molecule has 1 aromatic carbocycles. The number of rotatable bonds is 5. The normalized spacial score (nSPS) is 24.7. The lowest BCUT2D eigenvalue weighted by Gasteiger charge is -2.32. The maximum Gasteiger partial charge on any atom is 0.283 e. The predicted molar refractivity (Wildman–Crippen MR) is 101 cm³/mol. The van der Waals surface area contributed by atoms with E-state index in [1.807, 2.05) is 6.07 Å². The van der Waals surface area contributed by atoms with Crippen molar-refractivity contribution in [1.82, 2.24) is 4.98 Å². The number of aromatic nitrogens is 1. The van der Waals surface area contributed by atoms with E-state index in [0.29, 0.717) is 17.5 Å². The molecule has 0 saturated heterocycles. The predicted octanol–water partition coefficient (Wildman–Crippen LogP) is 3.07. The summed E-state index contributed by atoms with van der Waals surface area (Å²) >= 11 is 6.16. The van der Waals surface area contributed by atoms with Crippen molar-refractivity contribution in [3.8, 4) is 6.07 Å². The SMILES string of the molecule is N#Cc1ccc(C(=O)Cc2cc(F)c(Cl)c([C@]3(CF)N=C(N)O[C@H]4C[C@H]43)c2)nc1. The van der Waals surface area contributed by atoms with Crippen molar-refractivity contribution in [3.63, 3.8) is 0 Å². The van der Waals surface area contributed by atoms with Crippen molar-refractivity contribution in [2.75, 3.05) is 6.67 Å². The van der Waals surface area contributed by atoms with Crippen molar-refractivity contribution in [2.24, 2.45) is 16.6 Å². The zero-order valence-electron chi connectivity index (χ0n) is 15.0. The minimum atomic E-state index is -1.43. The number of carbonyl (C=O) groups excluding carboxylic acids is 1. The van der Waals surface area contributed by atoms with Crippen LogP contribution in [-0.2, 0) is 16.7 Å². The van der Waals surface area contributed by atoms with Crippen LogP contribution in [-0.4, -0.2) is 29.6 Å². The molecule has 0 bridgehead atoms. The first kappa shape index (κ1) is 19.3. The number of nitrogens with zero attached hydrogens (tertiary/aromatic N) is 3. The number of pyridine rings is 1. The monoisotopic (exact) mass is 416 g/mol. The lowest BCUT2D eigenvalue weighted by Crippen LogP contribution is -2.39. The molecule has 1 fully saturated rings. The van der Waals surface area contributed by atoms with Crippen molar-refractivity contribution in [2.45, 2.75) is 24.5 Å². The maximum atomic E-state index is 14.6. The topological polar surface area (TPSA) is 101 Å². The van der Waals surface area contributed by atoms with E-state index in [0.717, 1.165) is 6.07 Å². The zero-order chi connectivity index (χ0) is 20.8. The summed E-state index contributed by atoms with van der Waals surface area (Å²) in [7, 11) is 0. The Morgan fingerprint density at radius 2 is 2.24 bits per heavy atom. The van der Waals surface area contributed by atoms with Gasteiger partial charge in [-0.05, 0) is 30.2 Å². The number of hydrogen-bond donors (Lipinski definition) is 1. The smallest absolute Gasteiger partial charge is 0.283 e. The summed E-state index contributed by atoms with van der Waals surface area (Å²) in [5.74, 6) is -1.45. The first-order valence-corrected chi connectivity index (χ1v) is 9.21. The Morgan fingerprint density at radius 1 is 1.45 bits per heavy atom. The maximum absolute atomic E-state index is 14.6. The van der Waals surface area contributed by atoms with Crippen LogP contribution in [0.2, 0.25) is 5.02 Å². The van der Waals surface area contributed by atoms with E-state index in [2.05, 4.69) is 9.98 Å². The Bertz CT molecular complexity index is 1070. The van der Waals surface area contributed by atoms with Crippen molar-refractivity contribution >= 4 is 23.4 Å². The highest BCUT2D eigenvalue weighted by Gasteiger charge is 2.60. The second-order valence-corrected chi connectivity index (χ2v) is 7.47. The summed E-state index contributed by atoms with van der Waals surface area (Å²) in [6.45, 7) is -0.925. The van der Waals surface area contributed by atoms with Crippen LogP contribution in [0.1, 0.15) is 33.6 Å². The molecule has 0 amide bonds. The first-order chi connectivity index (χ1) is 13.9. The number of benzene rings is 1. The van der Waals surface area contributed by atoms with Gasteiger partial charge < -0.3 is 10.5 Å². The molecule has 2 aromatic rings. The second kappa shape index (κ2) is 7.08. The molecule has 0 spiro atoms. The molecule has 2 heterocycles. The lowest BCUT2D eigenvalue weighted by atomic mass is 9.84. The standard InChI is InChI=1S/C20H15ClF2N4O2/c21-18-13(20(9-22)12-6-17(12)29-19(25)27-20)3-11(4-14(18)23)5-16(28)15-2-1-10(7-24)8-26-15/h1-4,8,12,17H,5-6,9H2,(H2,25,27)/t12-,17+,20-/m1/s1. The van der Waals surface area contributed by atoms with Gasteiger partial charge in [0.05, 0.1) is 10.6 Å². The number of aliphatic imine (C=N–C) groups is 1. The summed E-state index contributed by atoms with van der Waals surface area (Å²) in [6.07, 6.45) is 1.36. The van der Waals surface area contributed by atoms with Gasteiger partial charge in [-0.15, -0.1) is 0 Å². The number of halogens is 3. The van der Waals surface area contributed by atoms with Gasteiger partial charge in [0.15, 0.2) is 5.78 Å². The van der Waals surface area contributed by atoms with Gasteiger partial charge in [-0.25, -0.2) is 13.8 Å². The number of Topliss-reactive ketones (excluding diaryl/α,β-unsaturated/α-hetero) is 1. The third-order valence-corrected chi connectivity index (χ3v) is 5.61. The van der Waals surface area contributed by atoms with E-state index in [-0.39, 0.29) is 46.5 Å². The number of carbonyl (C=O) groups is 1. The van der Waals surface area contributed by atoms with Crippen molar-refractivity contribution < 1.29 is 18.3 Å². The number of nitrogens with two attached hydrogens (primary N) is 1. The Hall–Kier alpha value is -3.05. The molecule has 0 radical (unpaired) electrons. The quantitative estimate of drug-likeness (QED) is 0.755. The van der Waals surface area contributed by atoms with Crippen molar-refractivity contribution in [1.29, 1.82) is 5.26 Å². The van der Waals surface area contributed by atoms with E-state index in [4.69, 9.17) is 27.3 Å². The third-order valence-electron chi connectivity index (χ3n) is 5.23. The van der Waals surface area contributed by atoms with Gasteiger partial charge in [0, 0.05) is 24.1 Å². The molecule has 148 valence electrons. The van der Waals surface area contributed by atoms with Gasteiger partial charge in [0.2, 0.25) is 0 Å². The summed E-state index contributed by atoms with van der Waals surface area (Å²) in [4.78, 5) is 20.6. The molecule has 1 saturated carbocycles. The number of nitriles is 1. The van der Waals surface area contributed by atoms with Gasteiger partial charge in [0.1, 0.15) is 35.9 Å². The van der Waals surface area contributed by atoms with Crippen LogP contribution in [0.15, 0.2) is 35.5 Å². The Balaban J connectivity index is 1.70. The summed E-state index contributed by atoms with van der Waals surface area (Å²) < 4.78 is 34.1. The number of alkyl halides is 1. The highest BCUT2D eigenvalue weighted by molar-refractivity contribution is 6.31. The highest BCUT2D eigenvalue weighted by Crippen LogP contribution is 2.54. The molecular formula is C20H15ClF2N4O2. The number of ketones is 1. The molecule has 6 nitrogen and oxygen atoms in total. The molecule has 3 atom stereocenters. The first-order valence-electron chi connectivity index (χ1n) is 8.83. The van der Waals surface area contributed by atoms with E-state index < -0.39 is 18.0 Å². The lowest BCUT2D eigenvalue weighted by molar-refractivity contribution is 0.0988. The number of amidine groups is 1. The van der Waals surface area contributed by atoms with Crippen LogP contribution < -0.4 is 5.73 Å². The average molecular weight is 417 g/mol. The van der Waals surface area contributed by atoms with Gasteiger partial charge >= 0.3 is 0 Å². The minimum absolute atomic E-state index is 0.136. The summed E-state index contributed by atoms with van der Waals surface area (Å²) in [5.41, 5.74) is 5.17. The molecule has 2 aliphatic rings. The average Bonchev–Trinajstić information content (AvgIpc) is 3.49. The molecular weight excluding hydrogens is 402 g/mol. The number of ether oxygens (including phenoxy) is 1. The van der Waals surface area contributed by atoms with Gasteiger partial charge in [-0.1, -0.05) is 17.7 Å². The summed E-state index contributed by atoms with van der Waals surface area (Å²) in [6, 6.07) is 7.27. The van der Waals surface area contributed by atoms with E-state index >= 15 is 0 Å². The zero-order valence-corrected chi connectivity index (χ0v) is 15.8. The van der Waals surface area contributed by atoms with E-state index in [9.17, 15) is 13.6 Å². The summed E-state index contributed by atoms with van der Waals surface area (Å²) in [5, 5.41) is 8.57. The third kappa shape index (κ3) is 3.32. The molecule has 0 unspecified atom stereocenters. The Kier molecular flexibility index (Phi) is 4.71. The van der Waals surface area contributed by atoms with Crippen LogP contribution in [0.4, 0.5) is 8.78 Å². The van der Waals surface area contributed by atoms with Crippen molar-refractivity contribution in [3.05, 3.63) is 63.7 Å². The molecule has 2 N–H and O–H groups in total. The fourth-order valence-electron chi connectivity index (χ4n) is 3.69. The van der Waals surface area contributed by atoms with Gasteiger partial charge in [-0.2, -0.15) is 5.26 Å². The Labute approximate surface area is 170 Å². The molecule has 29 heavy (non-hydrogen) atoms. The van der Waals surface area contributed by atoms with Gasteiger partial charge in [0.25, 0.3) is 6.02 Å². The van der Waals surface area contributed by atoms with E-state index in [1.54, 1.807) is 0 Å². The van der Waals surface area contributed by atoms with Gasteiger partial charge in [-0.3, -0.25) is 9.78 Å². The Morgan fingerprint density at radius 3 is 2.90 bits per heavy atom. The fourth-order valence-corrected chi connectivity index (χ4v) is 3.96. The van der Waals surface area contributed by atoms with E-state index in [1.165, 1.54) is 24.4 Å². The molecule has 4 rings (SSSR count).